The van der Waals surface area contributed by atoms with Gasteiger partial charge < -0.3 is 20.5 Å². The molecule has 3 atom stereocenters. The molecule has 1 rings (SSSR count). The molecule has 0 aliphatic carbocycles. The van der Waals surface area contributed by atoms with Crippen LogP contribution >= 0.6 is 0 Å². The average molecular weight is 244 g/mol. The summed E-state index contributed by atoms with van der Waals surface area (Å²) in [7, 11) is 0. The van der Waals surface area contributed by atoms with Crippen molar-refractivity contribution in [2.75, 3.05) is 32.9 Å². The molecule has 0 aromatic heterocycles. The number of aliphatic hydroxyl groups excluding tert-OH is 1. The van der Waals surface area contributed by atoms with E-state index in [0.717, 1.165) is 45.6 Å². The fourth-order valence-electron chi connectivity index (χ4n) is 2.17. The Morgan fingerprint density at radius 3 is 2.94 bits per heavy atom. The molecular weight excluding hydrogens is 216 g/mol. The Kier molecular flexibility index (Phi) is 7.77. The summed E-state index contributed by atoms with van der Waals surface area (Å²) < 4.78 is 5.44. The van der Waals surface area contributed by atoms with Gasteiger partial charge in [0.1, 0.15) is 0 Å². The van der Waals surface area contributed by atoms with Gasteiger partial charge in [0.15, 0.2) is 0 Å². The van der Waals surface area contributed by atoms with Crippen molar-refractivity contribution in [1.82, 2.24) is 10.6 Å². The zero-order valence-electron chi connectivity index (χ0n) is 11.2. The van der Waals surface area contributed by atoms with Crippen molar-refractivity contribution in [3.8, 4) is 0 Å². The number of nitrogens with one attached hydrogen (secondary N) is 2. The molecule has 3 unspecified atom stereocenters. The largest absolute Gasteiger partial charge is 0.396 e. The molecule has 0 amide bonds. The Balaban J connectivity index is 1.98. The molecule has 0 aromatic carbocycles. The van der Waals surface area contributed by atoms with Gasteiger partial charge in [-0.05, 0) is 38.6 Å². The van der Waals surface area contributed by atoms with E-state index in [4.69, 9.17) is 9.84 Å². The van der Waals surface area contributed by atoms with Crippen LogP contribution in [0.25, 0.3) is 0 Å². The third-order valence-electron chi connectivity index (χ3n) is 3.31. The molecular formula is C13H28N2O2. The highest BCUT2D eigenvalue weighted by Crippen LogP contribution is 2.05. The topological polar surface area (TPSA) is 53.5 Å². The van der Waals surface area contributed by atoms with Crippen molar-refractivity contribution < 1.29 is 9.84 Å². The zero-order chi connectivity index (χ0) is 12.5. The summed E-state index contributed by atoms with van der Waals surface area (Å²) in [4.78, 5) is 0. The van der Waals surface area contributed by atoms with E-state index in [2.05, 4.69) is 24.5 Å². The highest BCUT2D eigenvalue weighted by atomic mass is 16.5. The molecule has 1 heterocycles. The average Bonchev–Trinajstić information content (AvgIpc) is 2.35. The van der Waals surface area contributed by atoms with E-state index < -0.39 is 0 Å². The van der Waals surface area contributed by atoms with Crippen molar-refractivity contribution in [3.63, 3.8) is 0 Å². The fourth-order valence-corrected chi connectivity index (χ4v) is 2.17. The Morgan fingerprint density at radius 1 is 1.47 bits per heavy atom. The van der Waals surface area contributed by atoms with Gasteiger partial charge >= 0.3 is 0 Å². The summed E-state index contributed by atoms with van der Waals surface area (Å²) in [6.07, 6.45) is 3.36. The second-order valence-electron chi connectivity index (χ2n) is 5.25. The predicted molar refractivity (Wildman–Crippen MR) is 70.2 cm³/mol. The van der Waals surface area contributed by atoms with Crippen molar-refractivity contribution in [1.29, 1.82) is 0 Å². The molecule has 4 nitrogen and oxygen atoms in total. The molecule has 0 bridgehead atoms. The number of rotatable bonds is 8. The van der Waals surface area contributed by atoms with E-state index in [0.29, 0.717) is 24.6 Å². The summed E-state index contributed by atoms with van der Waals surface area (Å²) in [5, 5.41) is 15.9. The van der Waals surface area contributed by atoms with Gasteiger partial charge in [0.2, 0.25) is 0 Å². The maximum atomic E-state index is 8.92. The maximum absolute atomic E-state index is 8.92. The zero-order valence-corrected chi connectivity index (χ0v) is 11.2. The van der Waals surface area contributed by atoms with Crippen LogP contribution in [0.1, 0.15) is 33.1 Å². The van der Waals surface area contributed by atoms with Crippen LogP contribution in [0, 0.1) is 5.92 Å². The minimum absolute atomic E-state index is 0.304. The van der Waals surface area contributed by atoms with Crippen LogP contribution in [0.5, 0.6) is 0 Å². The summed E-state index contributed by atoms with van der Waals surface area (Å²) in [6.45, 7) is 8.33. The molecule has 1 aliphatic rings. The standard InChI is InChI=1S/C13H28N2O2/c1-11(9-16)4-3-5-14-12(2)8-13-10-17-7-6-15-13/h11-16H,3-10H2,1-2H3. The normalized spacial score (nSPS) is 24.5. The Labute approximate surface area is 105 Å². The van der Waals surface area contributed by atoms with Crippen LogP contribution in [-0.4, -0.2) is 50.1 Å². The lowest BCUT2D eigenvalue weighted by atomic mass is 10.1. The number of hydrogen-bond acceptors (Lipinski definition) is 4. The van der Waals surface area contributed by atoms with E-state index in [1.54, 1.807) is 0 Å². The third-order valence-corrected chi connectivity index (χ3v) is 3.31. The molecule has 1 saturated heterocycles. The molecule has 0 spiro atoms. The first-order valence-electron chi connectivity index (χ1n) is 6.87. The highest BCUT2D eigenvalue weighted by Gasteiger charge is 2.15. The van der Waals surface area contributed by atoms with Gasteiger partial charge in [-0.25, -0.2) is 0 Å². The van der Waals surface area contributed by atoms with Gasteiger partial charge in [-0.3, -0.25) is 0 Å². The Morgan fingerprint density at radius 2 is 2.29 bits per heavy atom. The lowest BCUT2D eigenvalue weighted by Gasteiger charge is -2.26. The molecule has 4 heteroatoms. The van der Waals surface area contributed by atoms with Gasteiger partial charge in [-0.2, -0.15) is 0 Å². The van der Waals surface area contributed by atoms with E-state index in [-0.39, 0.29) is 0 Å². The SMILES string of the molecule is CC(CO)CCCNC(C)CC1COCCN1. The fraction of sp³-hybridized carbons (Fsp3) is 1.00. The second kappa shape index (κ2) is 8.86. The number of aliphatic hydroxyl groups is 1. The first kappa shape index (κ1) is 14.9. The first-order chi connectivity index (χ1) is 8.22. The summed E-state index contributed by atoms with van der Waals surface area (Å²) >= 11 is 0. The predicted octanol–water partition coefficient (Wildman–Crippen LogP) is 0.752. The van der Waals surface area contributed by atoms with E-state index in [1.165, 1.54) is 0 Å². The third kappa shape index (κ3) is 6.99. The van der Waals surface area contributed by atoms with Crippen LogP contribution in [-0.2, 0) is 4.74 Å². The number of hydrogen-bond donors (Lipinski definition) is 3. The smallest absolute Gasteiger partial charge is 0.0620 e. The van der Waals surface area contributed by atoms with Gasteiger partial charge in [0.25, 0.3) is 0 Å². The van der Waals surface area contributed by atoms with Gasteiger partial charge in [-0.1, -0.05) is 6.92 Å². The van der Waals surface area contributed by atoms with E-state index in [9.17, 15) is 0 Å². The Bertz CT molecular complexity index is 184. The molecule has 0 saturated carbocycles. The molecule has 1 fully saturated rings. The quantitative estimate of drug-likeness (QED) is 0.552. The van der Waals surface area contributed by atoms with Crippen LogP contribution in [0.15, 0.2) is 0 Å². The number of ether oxygens (including phenoxy) is 1. The van der Waals surface area contributed by atoms with Crippen molar-refractivity contribution in [2.45, 2.75) is 45.2 Å². The van der Waals surface area contributed by atoms with Crippen molar-refractivity contribution >= 4 is 0 Å². The minimum atomic E-state index is 0.304. The summed E-state index contributed by atoms with van der Waals surface area (Å²) in [5.74, 6) is 0.431. The van der Waals surface area contributed by atoms with Crippen molar-refractivity contribution in [3.05, 3.63) is 0 Å². The van der Waals surface area contributed by atoms with E-state index in [1.807, 2.05) is 0 Å². The molecule has 17 heavy (non-hydrogen) atoms. The van der Waals surface area contributed by atoms with Crippen LogP contribution < -0.4 is 10.6 Å². The molecule has 3 N–H and O–H groups in total. The first-order valence-corrected chi connectivity index (χ1v) is 6.87. The summed E-state index contributed by atoms with van der Waals surface area (Å²) in [6, 6.07) is 1.03. The van der Waals surface area contributed by atoms with E-state index >= 15 is 0 Å². The highest BCUT2D eigenvalue weighted by molar-refractivity contribution is 4.75. The van der Waals surface area contributed by atoms with Gasteiger partial charge in [-0.15, -0.1) is 0 Å². The van der Waals surface area contributed by atoms with Crippen LogP contribution in [0.2, 0.25) is 0 Å². The molecule has 0 aromatic rings. The Hall–Kier alpha value is -0.160. The lowest BCUT2D eigenvalue weighted by molar-refractivity contribution is 0.0712. The maximum Gasteiger partial charge on any atom is 0.0620 e. The van der Waals surface area contributed by atoms with Crippen LogP contribution in [0.4, 0.5) is 0 Å². The lowest BCUT2D eigenvalue weighted by Crippen LogP contribution is -2.45. The number of morpholine rings is 1. The summed E-state index contributed by atoms with van der Waals surface area (Å²) in [5.41, 5.74) is 0. The van der Waals surface area contributed by atoms with Crippen molar-refractivity contribution in [2.24, 2.45) is 5.92 Å². The van der Waals surface area contributed by atoms with Gasteiger partial charge in [0, 0.05) is 25.2 Å². The van der Waals surface area contributed by atoms with Gasteiger partial charge in [0.05, 0.1) is 13.2 Å². The molecule has 0 radical (unpaired) electrons. The minimum Gasteiger partial charge on any atom is -0.396 e. The monoisotopic (exact) mass is 244 g/mol. The molecule has 102 valence electrons. The molecule has 1 aliphatic heterocycles. The van der Waals surface area contributed by atoms with Crippen LogP contribution in [0.3, 0.4) is 0 Å². The second-order valence-corrected chi connectivity index (χ2v) is 5.25.